The maximum absolute atomic E-state index is 15.4. The van der Waals surface area contributed by atoms with Crippen LogP contribution in [0.3, 0.4) is 0 Å². The third-order valence-electron chi connectivity index (χ3n) is 5.87. The van der Waals surface area contributed by atoms with Crippen molar-refractivity contribution in [3.63, 3.8) is 0 Å². The van der Waals surface area contributed by atoms with Crippen molar-refractivity contribution in [2.24, 2.45) is 0 Å². The third-order valence-corrected chi connectivity index (χ3v) is 7.46. The number of carbonyl (C=O) groups is 2. The first kappa shape index (κ1) is 34.6. The van der Waals surface area contributed by atoms with Gasteiger partial charge in [0.25, 0.3) is 11.8 Å². The molecule has 0 bridgehead atoms. The SMILES string of the molecule is CN(C(=O)c1ccc(Cl)c(Cl)c1)c1cccc(C(=O)Nc2c(I)cc(C(F)(C(F)(F)F)C(F)(F)F)cc2C(F)(F)F)c1F. The summed E-state index contributed by atoms with van der Waals surface area (Å²) < 4.78 is 149. The molecular formula is C25H12Cl2F11IN2O2. The lowest BCUT2D eigenvalue weighted by Crippen LogP contribution is -2.50. The molecule has 0 unspecified atom stereocenters. The van der Waals surface area contributed by atoms with E-state index in [1.54, 1.807) is 5.32 Å². The first-order valence-corrected chi connectivity index (χ1v) is 12.9. The fourth-order valence-corrected chi connectivity index (χ4v) is 4.77. The number of alkyl halides is 10. The van der Waals surface area contributed by atoms with E-state index in [2.05, 4.69) is 0 Å². The highest BCUT2D eigenvalue weighted by Gasteiger charge is 2.73. The van der Waals surface area contributed by atoms with Gasteiger partial charge < -0.3 is 10.2 Å². The summed E-state index contributed by atoms with van der Waals surface area (Å²) in [6.07, 6.45) is -19.2. The van der Waals surface area contributed by atoms with Crippen LogP contribution in [0.15, 0.2) is 48.5 Å². The van der Waals surface area contributed by atoms with Crippen molar-refractivity contribution >= 4 is 69.0 Å². The van der Waals surface area contributed by atoms with Crippen molar-refractivity contribution in [3.05, 3.63) is 90.2 Å². The number of anilines is 2. The van der Waals surface area contributed by atoms with Crippen molar-refractivity contribution in [1.29, 1.82) is 0 Å². The molecule has 1 N–H and O–H groups in total. The Bertz CT molecular complexity index is 1580. The van der Waals surface area contributed by atoms with E-state index in [0.29, 0.717) is 0 Å². The molecule has 0 fully saturated rings. The predicted molar refractivity (Wildman–Crippen MR) is 143 cm³/mol. The summed E-state index contributed by atoms with van der Waals surface area (Å²) in [4.78, 5) is 26.4. The van der Waals surface area contributed by atoms with Crippen molar-refractivity contribution in [3.8, 4) is 0 Å². The minimum absolute atomic E-state index is 0.0222. The molecule has 0 aliphatic heterocycles. The zero-order valence-corrected chi connectivity index (χ0v) is 24.3. The number of carbonyl (C=O) groups excluding carboxylic acids is 2. The van der Waals surface area contributed by atoms with Crippen LogP contribution in [0.1, 0.15) is 31.8 Å². The van der Waals surface area contributed by atoms with Crippen LogP contribution in [-0.4, -0.2) is 31.2 Å². The number of halogens is 14. The van der Waals surface area contributed by atoms with Gasteiger partial charge in [0.15, 0.2) is 5.82 Å². The zero-order valence-electron chi connectivity index (χ0n) is 20.7. The van der Waals surface area contributed by atoms with Crippen LogP contribution in [0.5, 0.6) is 0 Å². The molecule has 18 heteroatoms. The summed E-state index contributed by atoms with van der Waals surface area (Å²) in [5.74, 6) is -3.93. The van der Waals surface area contributed by atoms with Gasteiger partial charge in [-0.1, -0.05) is 29.3 Å². The molecule has 0 heterocycles. The summed E-state index contributed by atoms with van der Waals surface area (Å²) in [5, 5.41) is 1.69. The van der Waals surface area contributed by atoms with Crippen LogP contribution in [-0.2, 0) is 11.8 Å². The van der Waals surface area contributed by atoms with Crippen LogP contribution >= 0.6 is 45.8 Å². The van der Waals surface area contributed by atoms with Crippen molar-refractivity contribution in [2.75, 3.05) is 17.3 Å². The molecule has 0 aliphatic rings. The second-order valence-electron chi connectivity index (χ2n) is 8.62. The average Bonchev–Trinajstić information content (AvgIpc) is 2.88. The minimum Gasteiger partial charge on any atom is -0.320 e. The number of nitrogens with zero attached hydrogens (tertiary/aromatic N) is 1. The van der Waals surface area contributed by atoms with Gasteiger partial charge in [-0.25, -0.2) is 8.78 Å². The average molecular weight is 779 g/mol. The van der Waals surface area contributed by atoms with Gasteiger partial charge in [0.2, 0.25) is 0 Å². The van der Waals surface area contributed by atoms with Crippen molar-refractivity contribution < 1.29 is 57.9 Å². The van der Waals surface area contributed by atoms with Crippen LogP contribution in [0.4, 0.5) is 59.7 Å². The largest absolute Gasteiger partial charge is 0.435 e. The van der Waals surface area contributed by atoms with Crippen molar-refractivity contribution in [2.45, 2.75) is 24.2 Å². The van der Waals surface area contributed by atoms with E-state index in [0.717, 1.165) is 58.8 Å². The van der Waals surface area contributed by atoms with E-state index >= 15 is 4.39 Å². The standard InChI is InChI=1S/C25H12Cl2F11IN2O2/c1-41(21(43)10-5-6-14(26)15(27)7-10)17-4-2-3-12(18(17)28)20(42)40-19-13(23(30,31)32)8-11(9-16(19)39)22(29,24(33,34)35)25(36,37)38/h2-9H,1H3,(H,40,42). The number of benzene rings is 3. The monoisotopic (exact) mass is 778 g/mol. The normalized spacial score (nSPS) is 12.7. The Balaban J connectivity index is 2.07. The maximum Gasteiger partial charge on any atom is 0.435 e. The molecule has 0 atom stereocenters. The molecule has 0 aliphatic carbocycles. The van der Waals surface area contributed by atoms with Gasteiger partial charge in [0.1, 0.15) is 0 Å². The molecule has 232 valence electrons. The lowest BCUT2D eigenvalue weighted by molar-refractivity contribution is -0.348. The number of hydrogen-bond acceptors (Lipinski definition) is 2. The maximum atomic E-state index is 15.4. The van der Waals surface area contributed by atoms with Gasteiger partial charge in [-0.15, -0.1) is 0 Å². The minimum atomic E-state index is -6.72. The topological polar surface area (TPSA) is 49.4 Å². The van der Waals surface area contributed by atoms with Gasteiger partial charge in [0.05, 0.1) is 32.5 Å². The second-order valence-corrected chi connectivity index (χ2v) is 10.6. The predicted octanol–water partition coefficient (Wildman–Crippen LogP) is 9.57. The van der Waals surface area contributed by atoms with E-state index < -0.39 is 79.5 Å². The first-order valence-electron chi connectivity index (χ1n) is 11.1. The van der Waals surface area contributed by atoms with Gasteiger partial charge in [0, 0.05) is 21.7 Å². The Labute approximate surface area is 257 Å². The Kier molecular flexibility index (Phi) is 9.59. The van der Waals surface area contributed by atoms with Crippen LogP contribution < -0.4 is 10.2 Å². The lowest BCUT2D eigenvalue weighted by atomic mass is 9.92. The van der Waals surface area contributed by atoms with Gasteiger partial charge in [-0.05, 0) is 65.1 Å². The van der Waals surface area contributed by atoms with Gasteiger partial charge in [-0.3, -0.25) is 9.59 Å². The molecule has 0 radical (unpaired) electrons. The summed E-state index contributed by atoms with van der Waals surface area (Å²) in [6, 6.07) is 5.59. The van der Waals surface area contributed by atoms with Crippen molar-refractivity contribution in [1.82, 2.24) is 0 Å². The number of rotatable bonds is 5. The fourth-order valence-electron chi connectivity index (χ4n) is 3.71. The fraction of sp³-hybridized carbons (Fsp3) is 0.200. The Hall–Kier alpha value is -2.86. The summed E-state index contributed by atoms with van der Waals surface area (Å²) in [5.41, 5.74) is -13.9. The molecule has 0 spiro atoms. The van der Waals surface area contributed by atoms with Gasteiger partial charge >= 0.3 is 24.2 Å². The van der Waals surface area contributed by atoms with Crippen LogP contribution in [0, 0.1) is 9.39 Å². The summed E-state index contributed by atoms with van der Waals surface area (Å²) in [6.45, 7) is 0. The highest BCUT2D eigenvalue weighted by Crippen LogP contribution is 2.54. The highest BCUT2D eigenvalue weighted by atomic mass is 127. The molecule has 3 rings (SSSR count). The van der Waals surface area contributed by atoms with Crippen LogP contribution in [0.2, 0.25) is 10.0 Å². The zero-order chi connectivity index (χ0) is 32.9. The smallest absolute Gasteiger partial charge is 0.320 e. The van der Waals surface area contributed by atoms with E-state index in [4.69, 9.17) is 23.2 Å². The lowest BCUT2D eigenvalue weighted by Gasteiger charge is -2.31. The molecule has 43 heavy (non-hydrogen) atoms. The second kappa shape index (κ2) is 11.9. The van der Waals surface area contributed by atoms with Crippen LogP contribution in [0.25, 0.3) is 0 Å². The Morgan fingerprint density at radius 3 is 1.93 bits per heavy atom. The molecular weight excluding hydrogens is 767 g/mol. The number of hydrogen-bond donors (Lipinski definition) is 1. The molecule has 0 saturated carbocycles. The van der Waals surface area contributed by atoms with Gasteiger partial charge in [-0.2, -0.15) is 39.5 Å². The highest BCUT2D eigenvalue weighted by molar-refractivity contribution is 14.1. The molecule has 4 nitrogen and oxygen atoms in total. The van der Waals surface area contributed by atoms with E-state index in [-0.39, 0.29) is 21.7 Å². The van der Waals surface area contributed by atoms with E-state index in [1.165, 1.54) is 12.1 Å². The summed E-state index contributed by atoms with van der Waals surface area (Å²) >= 11 is 12.5. The molecule has 2 amide bonds. The third kappa shape index (κ3) is 6.64. The Morgan fingerprint density at radius 1 is 0.837 bits per heavy atom. The van der Waals surface area contributed by atoms with E-state index in [1.807, 2.05) is 0 Å². The van der Waals surface area contributed by atoms with E-state index in [9.17, 15) is 53.5 Å². The number of nitrogens with one attached hydrogen (secondary N) is 1. The molecule has 3 aromatic rings. The Morgan fingerprint density at radius 2 is 1.42 bits per heavy atom. The molecule has 3 aromatic carbocycles. The number of amides is 2. The molecule has 0 saturated heterocycles. The first-order chi connectivity index (χ1) is 19.5. The summed E-state index contributed by atoms with van der Waals surface area (Å²) in [7, 11) is 1.08. The molecule has 0 aromatic heterocycles. The quantitative estimate of drug-likeness (QED) is 0.207.